The van der Waals surface area contributed by atoms with Crippen molar-refractivity contribution >= 4 is 5.97 Å². The topological polar surface area (TPSA) is 68.3 Å². The molecule has 1 N–H and O–H groups in total. The monoisotopic (exact) mass is 344 g/mol. The third-order valence-electron chi connectivity index (χ3n) is 4.11. The van der Waals surface area contributed by atoms with Crippen LogP contribution in [0.25, 0.3) is 28.4 Å². The maximum Gasteiger partial charge on any atom is 0.307 e. The van der Waals surface area contributed by atoms with E-state index in [1.807, 2.05) is 66.7 Å². The minimum atomic E-state index is -0.914. The standard InChI is InChI=1S/C21H16N2O3/c24-19(25)14-17-20(15-8-3-1-4-9-15)22-23(16-10-5-2-6-11-16)21(17)18-12-7-13-26-18/h1-13H,14H2,(H,24,25). The number of rotatable bonds is 5. The lowest BCUT2D eigenvalue weighted by Gasteiger charge is -2.07. The zero-order valence-corrected chi connectivity index (χ0v) is 13.9. The number of carboxylic acid groups (broad SMARTS) is 1. The minimum Gasteiger partial charge on any atom is -0.481 e. The second-order valence-corrected chi connectivity index (χ2v) is 5.84. The second kappa shape index (κ2) is 6.72. The molecule has 0 amide bonds. The van der Waals surface area contributed by atoms with Crippen LogP contribution >= 0.6 is 0 Å². The number of carboxylic acids is 1. The molecule has 0 aliphatic rings. The zero-order valence-electron chi connectivity index (χ0n) is 13.9. The highest BCUT2D eigenvalue weighted by Crippen LogP contribution is 2.34. The highest BCUT2D eigenvalue weighted by molar-refractivity contribution is 5.81. The molecular formula is C21H16N2O3. The van der Waals surface area contributed by atoms with E-state index in [0.29, 0.717) is 22.7 Å². The van der Waals surface area contributed by atoms with Crippen molar-refractivity contribution in [1.82, 2.24) is 9.78 Å². The van der Waals surface area contributed by atoms with Crippen LogP contribution in [0.5, 0.6) is 0 Å². The largest absolute Gasteiger partial charge is 0.481 e. The molecule has 0 radical (unpaired) electrons. The Kier molecular flexibility index (Phi) is 4.11. The molecule has 0 atom stereocenters. The van der Waals surface area contributed by atoms with Crippen LogP contribution in [-0.4, -0.2) is 20.9 Å². The number of aromatic nitrogens is 2. The summed E-state index contributed by atoms with van der Waals surface area (Å²) in [6.07, 6.45) is 1.43. The number of furan rings is 1. The summed E-state index contributed by atoms with van der Waals surface area (Å²) in [5, 5.41) is 14.2. The molecule has 0 bridgehead atoms. The lowest BCUT2D eigenvalue weighted by molar-refractivity contribution is -0.136. The molecule has 0 saturated carbocycles. The third-order valence-corrected chi connectivity index (χ3v) is 4.11. The Morgan fingerprint density at radius 3 is 2.27 bits per heavy atom. The molecule has 5 nitrogen and oxygen atoms in total. The van der Waals surface area contributed by atoms with Gasteiger partial charge in [0.1, 0.15) is 5.69 Å². The second-order valence-electron chi connectivity index (χ2n) is 5.84. The molecule has 0 aliphatic heterocycles. The van der Waals surface area contributed by atoms with Gasteiger partial charge < -0.3 is 9.52 Å². The van der Waals surface area contributed by atoms with Crippen LogP contribution in [0.1, 0.15) is 5.56 Å². The van der Waals surface area contributed by atoms with Gasteiger partial charge in [0, 0.05) is 11.1 Å². The summed E-state index contributed by atoms with van der Waals surface area (Å²) >= 11 is 0. The summed E-state index contributed by atoms with van der Waals surface area (Å²) < 4.78 is 7.35. The molecule has 2 heterocycles. The Morgan fingerprint density at radius 2 is 1.65 bits per heavy atom. The number of hydrogen-bond acceptors (Lipinski definition) is 3. The van der Waals surface area contributed by atoms with E-state index < -0.39 is 5.97 Å². The van der Waals surface area contributed by atoms with E-state index in [9.17, 15) is 9.90 Å². The number of carbonyl (C=O) groups is 1. The van der Waals surface area contributed by atoms with Gasteiger partial charge in [-0.1, -0.05) is 48.5 Å². The number of benzene rings is 2. The molecule has 0 aliphatic carbocycles. The van der Waals surface area contributed by atoms with Crippen LogP contribution in [0.15, 0.2) is 83.5 Å². The fraction of sp³-hybridized carbons (Fsp3) is 0.0476. The number of hydrogen-bond donors (Lipinski definition) is 1. The van der Waals surface area contributed by atoms with Crippen LogP contribution in [0.4, 0.5) is 0 Å². The first-order valence-corrected chi connectivity index (χ1v) is 8.22. The van der Waals surface area contributed by atoms with Crippen LogP contribution in [0.3, 0.4) is 0 Å². The van der Waals surface area contributed by atoms with Crippen molar-refractivity contribution in [3.05, 3.63) is 84.6 Å². The predicted molar refractivity (Wildman–Crippen MR) is 98.0 cm³/mol. The third kappa shape index (κ3) is 2.91. The Labute approximate surface area is 150 Å². The fourth-order valence-corrected chi connectivity index (χ4v) is 3.02. The molecule has 0 fully saturated rings. The zero-order chi connectivity index (χ0) is 17.9. The lowest BCUT2D eigenvalue weighted by Crippen LogP contribution is -2.03. The van der Waals surface area contributed by atoms with Crippen molar-refractivity contribution in [2.75, 3.05) is 0 Å². The van der Waals surface area contributed by atoms with E-state index >= 15 is 0 Å². The van der Waals surface area contributed by atoms with Crippen molar-refractivity contribution in [1.29, 1.82) is 0 Å². The average Bonchev–Trinajstić information content (AvgIpc) is 3.30. The smallest absolute Gasteiger partial charge is 0.307 e. The molecule has 5 heteroatoms. The summed E-state index contributed by atoms with van der Waals surface area (Å²) in [6, 6.07) is 22.8. The lowest BCUT2D eigenvalue weighted by atomic mass is 10.0. The van der Waals surface area contributed by atoms with Crippen molar-refractivity contribution in [2.24, 2.45) is 0 Å². The molecule has 4 aromatic rings. The van der Waals surface area contributed by atoms with Crippen LogP contribution in [-0.2, 0) is 11.2 Å². The summed E-state index contributed by atoms with van der Waals surface area (Å²) in [5.41, 5.74) is 3.63. The molecule has 2 aromatic carbocycles. The summed E-state index contributed by atoms with van der Waals surface area (Å²) in [4.78, 5) is 11.6. The van der Waals surface area contributed by atoms with Gasteiger partial charge in [-0.25, -0.2) is 4.68 Å². The van der Waals surface area contributed by atoms with E-state index in [0.717, 1.165) is 11.3 Å². The quantitative estimate of drug-likeness (QED) is 0.582. The first kappa shape index (κ1) is 15.9. The van der Waals surface area contributed by atoms with Gasteiger partial charge in [0.05, 0.1) is 24.1 Å². The normalized spacial score (nSPS) is 10.8. The molecule has 4 rings (SSSR count). The van der Waals surface area contributed by atoms with Gasteiger partial charge in [-0.3, -0.25) is 4.79 Å². The fourth-order valence-electron chi connectivity index (χ4n) is 3.02. The van der Waals surface area contributed by atoms with Crippen molar-refractivity contribution in [2.45, 2.75) is 6.42 Å². The Bertz CT molecular complexity index is 1020. The molecule has 0 saturated heterocycles. The van der Waals surface area contributed by atoms with Crippen molar-refractivity contribution in [3.63, 3.8) is 0 Å². The highest BCUT2D eigenvalue weighted by Gasteiger charge is 2.24. The summed E-state index contributed by atoms with van der Waals surface area (Å²) in [6.45, 7) is 0. The van der Waals surface area contributed by atoms with E-state index in [1.54, 1.807) is 17.0 Å². The maximum absolute atomic E-state index is 11.6. The van der Waals surface area contributed by atoms with Gasteiger partial charge in [-0.05, 0) is 24.3 Å². The van der Waals surface area contributed by atoms with E-state index in [-0.39, 0.29) is 6.42 Å². The Hall–Kier alpha value is -3.60. The van der Waals surface area contributed by atoms with Gasteiger partial charge in [-0.15, -0.1) is 0 Å². The van der Waals surface area contributed by atoms with E-state index in [2.05, 4.69) is 0 Å². The van der Waals surface area contributed by atoms with Crippen molar-refractivity contribution < 1.29 is 14.3 Å². The molecule has 26 heavy (non-hydrogen) atoms. The minimum absolute atomic E-state index is 0.146. The maximum atomic E-state index is 11.6. The SMILES string of the molecule is O=C(O)Cc1c(-c2ccccc2)nn(-c2ccccc2)c1-c1ccco1. The summed E-state index contributed by atoms with van der Waals surface area (Å²) in [7, 11) is 0. The van der Waals surface area contributed by atoms with Gasteiger partial charge in [0.25, 0.3) is 0 Å². The molecule has 128 valence electrons. The first-order valence-electron chi connectivity index (χ1n) is 8.22. The highest BCUT2D eigenvalue weighted by atomic mass is 16.4. The molecule has 0 unspecified atom stereocenters. The average molecular weight is 344 g/mol. The Morgan fingerprint density at radius 1 is 0.962 bits per heavy atom. The molecule has 2 aromatic heterocycles. The van der Waals surface area contributed by atoms with E-state index in [4.69, 9.17) is 9.52 Å². The van der Waals surface area contributed by atoms with E-state index in [1.165, 1.54) is 0 Å². The molecular weight excluding hydrogens is 328 g/mol. The number of nitrogens with zero attached hydrogens (tertiary/aromatic N) is 2. The van der Waals surface area contributed by atoms with Crippen LogP contribution in [0, 0.1) is 0 Å². The number of aliphatic carboxylic acids is 1. The van der Waals surface area contributed by atoms with Gasteiger partial charge in [-0.2, -0.15) is 5.10 Å². The van der Waals surface area contributed by atoms with Crippen LogP contribution in [0.2, 0.25) is 0 Å². The van der Waals surface area contributed by atoms with Crippen LogP contribution < -0.4 is 0 Å². The summed E-state index contributed by atoms with van der Waals surface area (Å²) in [5.74, 6) is -0.331. The Balaban J connectivity index is 2.02. The van der Waals surface area contributed by atoms with Crippen molar-refractivity contribution in [3.8, 4) is 28.4 Å². The van der Waals surface area contributed by atoms with Gasteiger partial charge in [0.15, 0.2) is 5.76 Å². The molecule has 0 spiro atoms. The number of para-hydroxylation sites is 1. The predicted octanol–water partition coefficient (Wildman–Crippen LogP) is 4.43. The van der Waals surface area contributed by atoms with Gasteiger partial charge >= 0.3 is 5.97 Å². The van der Waals surface area contributed by atoms with Gasteiger partial charge in [0.2, 0.25) is 0 Å². The first-order chi connectivity index (χ1) is 12.7.